The largest absolute Gasteiger partial charge is 0.464 e. The number of carbonyl (C=O) groups excluding carboxylic acids is 3. The molecule has 45 heavy (non-hydrogen) atoms. The van der Waals surface area contributed by atoms with Crippen LogP contribution in [0.15, 0.2) is 85.3 Å². The van der Waals surface area contributed by atoms with Crippen LogP contribution in [0.25, 0.3) is 0 Å². The minimum Gasteiger partial charge on any atom is -0.464 e. The average Bonchev–Trinajstić information content (AvgIpc) is 3.04. The first-order valence-electron chi connectivity index (χ1n) is 15.6. The van der Waals surface area contributed by atoms with Crippen LogP contribution >= 0.6 is 0 Å². The van der Waals surface area contributed by atoms with Crippen LogP contribution < -0.4 is 10.6 Å². The maximum Gasteiger partial charge on any atom is 0.330 e. The summed E-state index contributed by atoms with van der Waals surface area (Å²) < 4.78 is 5.16. The second-order valence-corrected chi connectivity index (χ2v) is 10.2. The Labute approximate surface area is 267 Å². The standard InChI is InChI=1S/C35H50N4O6/c1-3-4-5-6-7-8-9-10-11-12-13-14-15-16-17-18-19-20-21-22-33(42)39-32(35(44)45-28-30(26-40)27-41)25-38-34(43)31-24-36-29(2)23-37-31/h4-5,7-8,10-11,13-14,16-17,19-20,23-24,30,32,40-41H,3,6,9,12,15,18,21-22,25-28H2,1-2H3,(H,38,43)(H,39,42). The fourth-order valence-corrected chi connectivity index (χ4v) is 3.57. The molecule has 0 spiro atoms. The Morgan fingerprint density at radius 1 is 0.800 bits per heavy atom. The zero-order valence-corrected chi connectivity index (χ0v) is 26.6. The van der Waals surface area contributed by atoms with E-state index in [0.29, 0.717) is 12.1 Å². The predicted molar refractivity (Wildman–Crippen MR) is 177 cm³/mol. The molecule has 1 atom stereocenters. The van der Waals surface area contributed by atoms with Gasteiger partial charge in [0.2, 0.25) is 5.91 Å². The van der Waals surface area contributed by atoms with Crippen molar-refractivity contribution in [2.45, 2.75) is 71.3 Å². The number of amides is 2. The minimum atomic E-state index is -1.16. The van der Waals surface area contributed by atoms with Crippen LogP contribution in [0.1, 0.15) is 74.5 Å². The zero-order valence-electron chi connectivity index (χ0n) is 26.6. The van der Waals surface area contributed by atoms with Crippen molar-refractivity contribution >= 4 is 17.8 Å². The molecule has 10 heteroatoms. The highest BCUT2D eigenvalue weighted by Crippen LogP contribution is 2.02. The highest BCUT2D eigenvalue weighted by molar-refractivity contribution is 5.92. The van der Waals surface area contributed by atoms with Crippen molar-refractivity contribution in [1.29, 1.82) is 0 Å². The molecular formula is C35H50N4O6. The van der Waals surface area contributed by atoms with E-state index in [1.54, 1.807) is 6.92 Å². The molecule has 1 heterocycles. The quantitative estimate of drug-likeness (QED) is 0.102. The molecule has 1 aromatic rings. The highest BCUT2D eigenvalue weighted by Gasteiger charge is 2.24. The minimum absolute atomic E-state index is 0.0670. The van der Waals surface area contributed by atoms with Gasteiger partial charge in [0.05, 0.1) is 31.7 Å². The SMILES string of the molecule is CCC=CCC=CCC=CCC=CCC=CCC=CCCC(=O)NC(CNC(=O)c1cnc(C)cn1)C(=O)OCC(CO)CO. The van der Waals surface area contributed by atoms with E-state index in [1.807, 2.05) is 12.2 Å². The van der Waals surface area contributed by atoms with Crippen molar-refractivity contribution < 1.29 is 29.3 Å². The number of esters is 1. The Kier molecular flexibility index (Phi) is 22.7. The highest BCUT2D eigenvalue weighted by atomic mass is 16.5. The fraction of sp³-hybridized carbons (Fsp3) is 0.457. The van der Waals surface area contributed by atoms with Crippen LogP contribution in [0, 0.1) is 12.8 Å². The van der Waals surface area contributed by atoms with Gasteiger partial charge in [-0.2, -0.15) is 0 Å². The molecule has 0 aliphatic carbocycles. The number of ether oxygens (including phenoxy) is 1. The summed E-state index contributed by atoms with van der Waals surface area (Å²) in [4.78, 5) is 45.6. The number of nitrogens with zero attached hydrogens (tertiary/aromatic N) is 2. The number of nitrogens with one attached hydrogen (secondary N) is 2. The lowest BCUT2D eigenvalue weighted by molar-refractivity contribution is -0.149. The number of aryl methyl sites for hydroxylation is 1. The summed E-state index contributed by atoms with van der Waals surface area (Å²) in [6.45, 7) is 2.68. The Hall–Kier alpha value is -4.15. The van der Waals surface area contributed by atoms with Gasteiger partial charge in [0.1, 0.15) is 11.7 Å². The van der Waals surface area contributed by atoms with E-state index in [4.69, 9.17) is 4.74 Å². The molecule has 246 valence electrons. The maximum atomic E-state index is 12.6. The third-order valence-corrected chi connectivity index (χ3v) is 6.21. The molecule has 0 saturated heterocycles. The van der Waals surface area contributed by atoms with Gasteiger partial charge < -0.3 is 25.6 Å². The number of hydrogen-bond acceptors (Lipinski definition) is 8. The summed E-state index contributed by atoms with van der Waals surface area (Å²) in [7, 11) is 0. The zero-order chi connectivity index (χ0) is 33.0. The first kappa shape index (κ1) is 38.9. The van der Waals surface area contributed by atoms with Crippen molar-refractivity contribution in [2.24, 2.45) is 5.92 Å². The number of carbonyl (C=O) groups is 3. The van der Waals surface area contributed by atoms with Crippen molar-refractivity contribution in [2.75, 3.05) is 26.4 Å². The van der Waals surface area contributed by atoms with E-state index in [1.165, 1.54) is 12.4 Å². The van der Waals surface area contributed by atoms with Crippen LogP contribution in [0.5, 0.6) is 0 Å². The van der Waals surface area contributed by atoms with Gasteiger partial charge in [-0.1, -0.05) is 79.8 Å². The van der Waals surface area contributed by atoms with Gasteiger partial charge in [-0.15, -0.1) is 0 Å². The molecule has 0 aliphatic heterocycles. The first-order valence-corrected chi connectivity index (χ1v) is 15.6. The lowest BCUT2D eigenvalue weighted by Crippen LogP contribution is -2.49. The molecule has 0 saturated carbocycles. The average molecular weight is 623 g/mol. The Morgan fingerprint density at radius 3 is 1.82 bits per heavy atom. The normalized spacial score (nSPS) is 12.9. The van der Waals surface area contributed by atoms with Crippen molar-refractivity contribution in [3.63, 3.8) is 0 Å². The van der Waals surface area contributed by atoms with E-state index in [0.717, 1.165) is 38.5 Å². The van der Waals surface area contributed by atoms with E-state index in [9.17, 15) is 24.6 Å². The second-order valence-electron chi connectivity index (χ2n) is 10.2. The molecular weight excluding hydrogens is 572 g/mol. The van der Waals surface area contributed by atoms with Crippen molar-refractivity contribution in [1.82, 2.24) is 20.6 Å². The number of rotatable bonds is 23. The van der Waals surface area contributed by atoms with E-state index in [2.05, 4.69) is 88.3 Å². The Morgan fingerprint density at radius 2 is 1.33 bits per heavy atom. The predicted octanol–water partition coefficient (Wildman–Crippen LogP) is 4.62. The molecule has 2 amide bonds. The molecule has 0 aromatic carbocycles. The van der Waals surface area contributed by atoms with Gasteiger partial charge in [-0.05, 0) is 51.9 Å². The molecule has 0 fully saturated rings. The fourth-order valence-electron chi connectivity index (χ4n) is 3.57. The molecule has 1 aromatic heterocycles. The van der Waals surface area contributed by atoms with Crippen LogP contribution in [-0.2, 0) is 14.3 Å². The van der Waals surface area contributed by atoms with Gasteiger partial charge in [-0.25, -0.2) is 9.78 Å². The Balaban J connectivity index is 2.39. The van der Waals surface area contributed by atoms with Gasteiger partial charge in [0.15, 0.2) is 0 Å². The number of aliphatic hydroxyl groups excluding tert-OH is 2. The summed E-state index contributed by atoms with van der Waals surface area (Å²) in [5.74, 6) is -2.38. The number of aliphatic hydroxyl groups is 2. The lowest BCUT2D eigenvalue weighted by atomic mass is 10.2. The monoisotopic (exact) mass is 622 g/mol. The smallest absolute Gasteiger partial charge is 0.330 e. The Bertz CT molecular complexity index is 1150. The van der Waals surface area contributed by atoms with Gasteiger partial charge in [-0.3, -0.25) is 14.6 Å². The van der Waals surface area contributed by atoms with E-state index in [-0.39, 0.29) is 44.4 Å². The van der Waals surface area contributed by atoms with Crippen molar-refractivity contribution in [3.8, 4) is 0 Å². The molecule has 0 radical (unpaired) electrons. The van der Waals surface area contributed by atoms with Crippen LogP contribution in [0.3, 0.4) is 0 Å². The van der Waals surface area contributed by atoms with E-state index >= 15 is 0 Å². The summed E-state index contributed by atoms with van der Waals surface area (Å²) in [6.07, 6.45) is 34.3. The lowest BCUT2D eigenvalue weighted by Gasteiger charge is -2.19. The molecule has 1 unspecified atom stereocenters. The topological polar surface area (TPSA) is 151 Å². The summed E-state index contributed by atoms with van der Waals surface area (Å²) >= 11 is 0. The molecule has 0 aliphatic rings. The van der Waals surface area contributed by atoms with Gasteiger partial charge in [0, 0.05) is 25.1 Å². The molecule has 10 nitrogen and oxygen atoms in total. The van der Waals surface area contributed by atoms with Crippen molar-refractivity contribution in [3.05, 3.63) is 96.7 Å². The second kappa shape index (κ2) is 26.3. The summed E-state index contributed by atoms with van der Waals surface area (Å²) in [5, 5.41) is 23.6. The number of allylic oxidation sites excluding steroid dienone is 12. The molecule has 0 bridgehead atoms. The van der Waals surface area contributed by atoms with E-state index < -0.39 is 23.8 Å². The maximum absolute atomic E-state index is 12.6. The van der Waals surface area contributed by atoms with Gasteiger partial charge >= 0.3 is 5.97 Å². The number of aromatic nitrogens is 2. The number of hydrogen-bond donors (Lipinski definition) is 4. The third-order valence-electron chi connectivity index (χ3n) is 6.21. The summed E-state index contributed by atoms with van der Waals surface area (Å²) in [5.41, 5.74) is 0.715. The molecule has 1 rings (SSSR count). The third kappa shape index (κ3) is 20.4. The first-order chi connectivity index (χ1) is 21.9. The van der Waals surface area contributed by atoms with Crippen LogP contribution in [-0.4, -0.2) is 70.4 Å². The molecule has 4 N–H and O–H groups in total. The summed E-state index contributed by atoms with van der Waals surface area (Å²) in [6, 6.07) is -1.16. The van der Waals surface area contributed by atoms with Crippen LogP contribution in [0.4, 0.5) is 0 Å². The van der Waals surface area contributed by atoms with Crippen LogP contribution in [0.2, 0.25) is 0 Å². The van der Waals surface area contributed by atoms with Gasteiger partial charge in [0.25, 0.3) is 5.91 Å².